The Morgan fingerprint density at radius 1 is 1.33 bits per heavy atom. The third-order valence-electron chi connectivity index (χ3n) is 4.53. The van der Waals surface area contributed by atoms with E-state index in [2.05, 4.69) is 37.9 Å². The van der Waals surface area contributed by atoms with Gasteiger partial charge in [0.15, 0.2) is 0 Å². The molecule has 1 fully saturated rings. The molecule has 3 nitrogen and oxygen atoms in total. The van der Waals surface area contributed by atoms with Gasteiger partial charge in [0.25, 0.3) is 0 Å². The van der Waals surface area contributed by atoms with E-state index in [1.807, 2.05) is 7.11 Å². The van der Waals surface area contributed by atoms with Crippen molar-refractivity contribution in [3.8, 4) is 0 Å². The van der Waals surface area contributed by atoms with Gasteiger partial charge in [0.1, 0.15) is 0 Å². The molecule has 1 N–H and O–H groups in total. The third kappa shape index (κ3) is 4.52. The van der Waals surface area contributed by atoms with Gasteiger partial charge in [0, 0.05) is 32.3 Å². The molecule has 0 saturated carbocycles. The van der Waals surface area contributed by atoms with Crippen molar-refractivity contribution in [2.24, 2.45) is 5.92 Å². The van der Waals surface area contributed by atoms with Crippen molar-refractivity contribution in [1.82, 2.24) is 10.2 Å². The highest BCUT2D eigenvalue weighted by Crippen LogP contribution is 2.20. The molecule has 0 radical (unpaired) electrons. The molecular formula is C15H32N2O. The summed E-state index contributed by atoms with van der Waals surface area (Å²) in [7, 11) is 1.85. The van der Waals surface area contributed by atoms with Crippen LogP contribution >= 0.6 is 0 Å². The molecule has 108 valence electrons. The molecule has 0 bridgehead atoms. The topological polar surface area (TPSA) is 24.5 Å². The zero-order valence-electron chi connectivity index (χ0n) is 12.9. The van der Waals surface area contributed by atoms with E-state index in [-0.39, 0.29) is 0 Å². The summed E-state index contributed by atoms with van der Waals surface area (Å²) < 4.78 is 5.59. The Hall–Kier alpha value is -0.120. The second kappa shape index (κ2) is 8.13. The number of hydrogen-bond donors (Lipinski definition) is 1. The Morgan fingerprint density at radius 3 is 2.56 bits per heavy atom. The molecule has 0 aromatic carbocycles. The van der Waals surface area contributed by atoms with Crippen LogP contribution in [-0.2, 0) is 4.74 Å². The Labute approximate surface area is 113 Å². The lowest BCUT2D eigenvalue weighted by molar-refractivity contribution is -0.0167. The minimum absolute atomic E-state index is 0.411. The first-order valence-electron chi connectivity index (χ1n) is 7.62. The first-order valence-corrected chi connectivity index (χ1v) is 7.62. The average Bonchev–Trinajstić information content (AvgIpc) is 2.40. The maximum Gasteiger partial charge on any atom is 0.0724 e. The number of likely N-dealkylation sites (tertiary alicyclic amines) is 1. The van der Waals surface area contributed by atoms with Crippen LogP contribution in [0.5, 0.6) is 0 Å². The lowest BCUT2D eigenvalue weighted by Crippen LogP contribution is -2.51. The normalized spacial score (nSPS) is 27.7. The number of rotatable bonds is 7. The van der Waals surface area contributed by atoms with Crippen LogP contribution in [0.4, 0.5) is 0 Å². The molecule has 18 heavy (non-hydrogen) atoms. The van der Waals surface area contributed by atoms with E-state index in [0.717, 1.165) is 13.1 Å². The quantitative estimate of drug-likeness (QED) is 0.757. The van der Waals surface area contributed by atoms with Crippen LogP contribution in [0.3, 0.4) is 0 Å². The summed E-state index contributed by atoms with van der Waals surface area (Å²) >= 11 is 0. The molecule has 0 spiro atoms. The first kappa shape index (κ1) is 15.9. The fourth-order valence-electron chi connectivity index (χ4n) is 2.81. The largest absolute Gasteiger partial charge is 0.380 e. The van der Waals surface area contributed by atoms with Crippen molar-refractivity contribution in [2.45, 2.75) is 65.1 Å². The van der Waals surface area contributed by atoms with Crippen LogP contribution in [0.25, 0.3) is 0 Å². The van der Waals surface area contributed by atoms with Crippen molar-refractivity contribution >= 4 is 0 Å². The van der Waals surface area contributed by atoms with Crippen molar-refractivity contribution in [3.05, 3.63) is 0 Å². The SMILES string of the molecule is CCC(CC)NCC(C)N1CCC(C)C(OC)C1. The fraction of sp³-hybridized carbons (Fsp3) is 1.00. The molecule has 1 rings (SSSR count). The zero-order valence-corrected chi connectivity index (χ0v) is 12.9. The van der Waals surface area contributed by atoms with Gasteiger partial charge in [-0.15, -0.1) is 0 Å². The monoisotopic (exact) mass is 256 g/mol. The Bertz CT molecular complexity index is 219. The summed E-state index contributed by atoms with van der Waals surface area (Å²) in [4.78, 5) is 2.57. The van der Waals surface area contributed by atoms with E-state index in [1.54, 1.807) is 0 Å². The van der Waals surface area contributed by atoms with Crippen LogP contribution < -0.4 is 5.32 Å². The Balaban J connectivity index is 2.35. The summed E-state index contributed by atoms with van der Waals surface area (Å²) in [6.07, 6.45) is 4.12. The predicted molar refractivity (Wildman–Crippen MR) is 78.0 cm³/mol. The van der Waals surface area contributed by atoms with Gasteiger partial charge >= 0.3 is 0 Å². The molecule has 0 aliphatic carbocycles. The molecule has 1 aliphatic rings. The molecule has 0 aromatic rings. The van der Waals surface area contributed by atoms with Gasteiger partial charge in [-0.25, -0.2) is 0 Å². The van der Waals surface area contributed by atoms with E-state index in [9.17, 15) is 0 Å². The van der Waals surface area contributed by atoms with Gasteiger partial charge in [-0.05, 0) is 38.6 Å². The maximum absolute atomic E-state index is 5.59. The van der Waals surface area contributed by atoms with E-state index in [1.165, 1.54) is 25.8 Å². The smallest absolute Gasteiger partial charge is 0.0724 e. The van der Waals surface area contributed by atoms with Crippen LogP contribution in [0.15, 0.2) is 0 Å². The highest BCUT2D eigenvalue weighted by molar-refractivity contribution is 4.82. The summed E-state index contributed by atoms with van der Waals surface area (Å²) in [5, 5.41) is 3.68. The molecule has 3 atom stereocenters. The van der Waals surface area contributed by atoms with E-state index < -0.39 is 0 Å². The summed E-state index contributed by atoms with van der Waals surface area (Å²) in [6.45, 7) is 12.6. The van der Waals surface area contributed by atoms with Gasteiger partial charge in [0.2, 0.25) is 0 Å². The third-order valence-corrected chi connectivity index (χ3v) is 4.53. The molecule has 0 aromatic heterocycles. The van der Waals surface area contributed by atoms with Gasteiger partial charge < -0.3 is 10.1 Å². The van der Waals surface area contributed by atoms with Crippen molar-refractivity contribution in [1.29, 1.82) is 0 Å². The number of piperidine rings is 1. The van der Waals surface area contributed by atoms with Crippen LogP contribution in [0.1, 0.15) is 47.0 Å². The lowest BCUT2D eigenvalue weighted by atomic mass is 9.95. The van der Waals surface area contributed by atoms with Gasteiger partial charge in [-0.1, -0.05) is 20.8 Å². The number of nitrogens with zero attached hydrogens (tertiary/aromatic N) is 1. The molecule has 0 amide bonds. The van der Waals surface area contributed by atoms with E-state index >= 15 is 0 Å². The van der Waals surface area contributed by atoms with Crippen LogP contribution in [0, 0.1) is 5.92 Å². The van der Waals surface area contributed by atoms with Gasteiger partial charge in [0.05, 0.1) is 6.10 Å². The molecule has 3 heteroatoms. The van der Waals surface area contributed by atoms with Gasteiger partial charge in [-0.3, -0.25) is 4.90 Å². The van der Waals surface area contributed by atoms with Crippen LogP contribution in [-0.4, -0.2) is 49.8 Å². The first-order chi connectivity index (χ1) is 8.62. The minimum atomic E-state index is 0.411. The predicted octanol–water partition coefficient (Wildman–Crippen LogP) is 2.51. The Morgan fingerprint density at radius 2 is 2.00 bits per heavy atom. The second-order valence-electron chi connectivity index (χ2n) is 5.81. The van der Waals surface area contributed by atoms with Gasteiger partial charge in [-0.2, -0.15) is 0 Å². The molecular weight excluding hydrogens is 224 g/mol. The summed E-state index contributed by atoms with van der Waals surface area (Å²) in [6, 6.07) is 1.28. The highest BCUT2D eigenvalue weighted by Gasteiger charge is 2.28. The Kier molecular flexibility index (Phi) is 7.20. The second-order valence-corrected chi connectivity index (χ2v) is 5.81. The van der Waals surface area contributed by atoms with E-state index in [4.69, 9.17) is 4.74 Å². The van der Waals surface area contributed by atoms with Crippen molar-refractivity contribution in [3.63, 3.8) is 0 Å². The average molecular weight is 256 g/mol. The number of ether oxygens (including phenoxy) is 1. The number of hydrogen-bond acceptors (Lipinski definition) is 3. The summed E-state index contributed by atoms with van der Waals surface area (Å²) in [5.41, 5.74) is 0. The van der Waals surface area contributed by atoms with Crippen molar-refractivity contribution in [2.75, 3.05) is 26.7 Å². The molecule has 3 unspecified atom stereocenters. The minimum Gasteiger partial charge on any atom is -0.380 e. The molecule has 1 heterocycles. The standard InChI is InChI=1S/C15H32N2O/c1-6-14(7-2)16-10-13(4)17-9-8-12(3)15(11-17)18-5/h12-16H,6-11H2,1-5H3. The lowest BCUT2D eigenvalue weighted by Gasteiger charge is -2.40. The van der Waals surface area contributed by atoms with Crippen LogP contribution in [0.2, 0.25) is 0 Å². The summed E-state index contributed by atoms with van der Waals surface area (Å²) in [5.74, 6) is 0.699. The fourth-order valence-corrected chi connectivity index (χ4v) is 2.81. The molecule has 1 saturated heterocycles. The van der Waals surface area contributed by atoms with E-state index in [0.29, 0.717) is 24.1 Å². The molecule has 1 aliphatic heterocycles. The van der Waals surface area contributed by atoms with Crippen molar-refractivity contribution < 1.29 is 4.74 Å². The zero-order chi connectivity index (χ0) is 13.5. The number of nitrogens with one attached hydrogen (secondary N) is 1. The number of methoxy groups -OCH3 is 1. The highest BCUT2D eigenvalue weighted by atomic mass is 16.5. The maximum atomic E-state index is 5.59.